The van der Waals surface area contributed by atoms with Crippen LogP contribution in [-0.2, 0) is 11.8 Å². The number of hydrogen-bond donors (Lipinski definition) is 0. The lowest BCUT2D eigenvalue weighted by Gasteiger charge is -2.22. The summed E-state index contributed by atoms with van der Waals surface area (Å²) in [4.78, 5) is 16.7. The smallest absolute Gasteiger partial charge is 0.271 e. The molecule has 0 amide bonds. The minimum absolute atomic E-state index is 0.0482. The van der Waals surface area contributed by atoms with Crippen molar-refractivity contribution in [2.45, 2.75) is 30.5 Å². The molecule has 1 fully saturated rings. The maximum Gasteiger partial charge on any atom is 0.271 e. The topological polar surface area (TPSA) is 44.1 Å². The minimum Gasteiger partial charge on any atom is -0.377 e. The largest absolute Gasteiger partial charge is 0.377 e. The molecule has 0 saturated carbocycles. The molecule has 0 spiro atoms. The predicted molar refractivity (Wildman–Crippen MR) is 79.2 cm³/mol. The van der Waals surface area contributed by atoms with Gasteiger partial charge in [0, 0.05) is 19.4 Å². The highest BCUT2D eigenvalue weighted by atomic mass is 32.2. The Morgan fingerprint density at radius 3 is 3.26 bits per heavy atom. The van der Waals surface area contributed by atoms with Crippen molar-refractivity contribution in [2.24, 2.45) is 7.05 Å². The molecular weight excluding hydrogens is 280 g/mol. The van der Waals surface area contributed by atoms with E-state index < -0.39 is 0 Å². The lowest BCUT2D eigenvalue weighted by atomic mass is 10.1. The Labute approximate surface area is 119 Å². The average molecular weight is 296 g/mol. The van der Waals surface area contributed by atoms with Crippen LogP contribution in [-0.4, -0.2) is 28.0 Å². The van der Waals surface area contributed by atoms with Crippen molar-refractivity contribution in [2.75, 3.05) is 12.4 Å². The van der Waals surface area contributed by atoms with E-state index in [-0.39, 0.29) is 5.56 Å². The molecule has 0 aliphatic carbocycles. The molecule has 102 valence electrons. The molecule has 2 aromatic heterocycles. The molecular formula is C13H16N2O2S2. The Bertz CT molecular complexity index is 629. The van der Waals surface area contributed by atoms with Crippen LogP contribution in [0.5, 0.6) is 0 Å². The van der Waals surface area contributed by atoms with Gasteiger partial charge in [0.2, 0.25) is 0 Å². The van der Waals surface area contributed by atoms with Crippen LogP contribution in [0.1, 0.15) is 19.3 Å². The van der Waals surface area contributed by atoms with E-state index >= 15 is 0 Å². The van der Waals surface area contributed by atoms with Crippen LogP contribution in [0, 0.1) is 0 Å². The Morgan fingerprint density at radius 1 is 1.58 bits per heavy atom. The van der Waals surface area contributed by atoms with Crippen LogP contribution in [0.25, 0.3) is 10.2 Å². The number of hydrogen-bond acceptors (Lipinski definition) is 5. The van der Waals surface area contributed by atoms with Gasteiger partial charge in [-0.25, -0.2) is 4.98 Å². The van der Waals surface area contributed by atoms with Crippen molar-refractivity contribution in [3.05, 3.63) is 21.8 Å². The molecule has 6 heteroatoms. The predicted octanol–water partition coefficient (Wildman–Crippen LogP) is 2.66. The number of nitrogens with zero attached hydrogens (tertiary/aromatic N) is 2. The zero-order valence-corrected chi connectivity index (χ0v) is 12.4. The van der Waals surface area contributed by atoms with Crippen LogP contribution < -0.4 is 5.56 Å². The highest BCUT2D eigenvalue weighted by Gasteiger charge is 2.16. The Morgan fingerprint density at radius 2 is 2.47 bits per heavy atom. The summed E-state index contributed by atoms with van der Waals surface area (Å²) in [5.41, 5.74) is 0.854. The minimum atomic E-state index is 0.0482. The molecule has 19 heavy (non-hydrogen) atoms. The molecule has 1 aliphatic heterocycles. The molecule has 3 rings (SSSR count). The molecule has 1 saturated heterocycles. The third-order valence-corrected chi connectivity index (χ3v) is 5.37. The van der Waals surface area contributed by atoms with Crippen LogP contribution in [0.4, 0.5) is 0 Å². The fraction of sp³-hybridized carbons (Fsp3) is 0.538. The first-order chi connectivity index (χ1) is 9.25. The van der Waals surface area contributed by atoms with E-state index in [9.17, 15) is 4.79 Å². The summed E-state index contributed by atoms with van der Waals surface area (Å²) in [5, 5.41) is 2.70. The molecule has 2 aromatic rings. The lowest BCUT2D eigenvalue weighted by Crippen LogP contribution is -2.23. The maximum atomic E-state index is 12.2. The van der Waals surface area contributed by atoms with Crippen molar-refractivity contribution < 1.29 is 4.74 Å². The van der Waals surface area contributed by atoms with Crippen molar-refractivity contribution >= 4 is 33.3 Å². The molecule has 0 unspecified atom stereocenters. The van der Waals surface area contributed by atoms with Gasteiger partial charge in [0.05, 0.1) is 11.6 Å². The van der Waals surface area contributed by atoms with Gasteiger partial charge in [0.15, 0.2) is 5.16 Å². The first-order valence-corrected chi connectivity index (χ1v) is 8.31. The van der Waals surface area contributed by atoms with Gasteiger partial charge in [-0.15, -0.1) is 11.3 Å². The monoisotopic (exact) mass is 296 g/mol. The summed E-state index contributed by atoms with van der Waals surface area (Å²) in [6, 6.07) is 1.91. The molecule has 1 atom stereocenters. The molecule has 0 radical (unpaired) electrons. The van der Waals surface area contributed by atoms with Crippen molar-refractivity contribution in [1.82, 2.24) is 9.55 Å². The zero-order chi connectivity index (χ0) is 13.2. The highest BCUT2D eigenvalue weighted by molar-refractivity contribution is 7.99. The van der Waals surface area contributed by atoms with E-state index in [1.54, 1.807) is 23.4 Å². The van der Waals surface area contributed by atoms with Gasteiger partial charge in [0.25, 0.3) is 5.56 Å². The second-order valence-electron chi connectivity index (χ2n) is 4.69. The van der Waals surface area contributed by atoms with E-state index in [0.717, 1.165) is 34.2 Å². The fourth-order valence-electron chi connectivity index (χ4n) is 2.20. The number of rotatable bonds is 3. The first-order valence-electron chi connectivity index (χ1n) is 6.44. The standard InChI is InChI=1S/C13H16N2O2S2/c1-15-12(16)11-10(5-7-18-11)14-13(15)19-8-9-4-2-3-6-17-9/h5,7,9H,2-4,6,8H2,1H3/t9-/m0/s1. The summed E-state index contributed by atoms with van der Waals surface area (Å²) in [5.74, 6) is 0.871. The second-order valence-corrected chi connectivity index (χ2v) is 6.60. The van der Waals surface area contributed by atoms with E-state index in [1.807, 2.05) is 11.4 Å². The highest BCUT2D eigenvalue weighted by Crippen LogP contribution is 2.23. The molecule has 4 nitrogen and oxygen atoms in total. The molecule has 0 bridgehead atoms. The van der Waals surface area contributed by atoms with Gasteiger partial charge in [0.1, 0.15) is 4.70 Å². The van der Waals surface area contributed by atoms with E-state index in [4.69, 9.17) is 4.74 Å². The number of fused-ring (bicyclic) bond motifs is 1. The summed E-state index contributed by atoms with van der Waals surface area (Å²) in [6.45, 7) is 0.862. The van der Waals surface area contributed by atoms with Crippen molar-refractivity contribution in [3.63, 3.8) is 0 Å². The Balaban J connectivity index is 1.80. The number of thiophene rings is 1. The zero-order valence-electron chi connectivity index (χ0n) is 10.8. The van der Waals surface area contributed by atoms with Gasteiger partial charge in [-0.1, -0.05) is 11.8 Å². The molecule has 3 heterocycles. The van der Waals surface area contributed by atoms with Crippen LogP contribution >= 0.6 is 23.1 Å². The number of thioether (sulfide) groups is 1. The van der Waals surface area contributed by atoms with Crippen LogP contribution in [0.15, 0.2) is 21.4 Å². The first kappa shape index (κ1) is 13.1. The van der Waals surface area contributed by atoms with Gasteiger partial charge in [-0.05, 0) is 30.7 Å². The number of aromatic nitrogens is 2. The Hall–Kier alpha value is -0.850. The van der Waals surface area contributed by atoms with Crippen molar-refractivity contribution in [3.8, 4) is 0 Å². The van der Waals surface area contributed by atoms with E-state index in [1.165, 1.54) is 24.2 Å². The normalized spacial score (nSPS) is 19.9. The molecule has 0 N–H and O–H groups in total. The molecule has 0 aromatic carbocycles. The van der Waals surface area contributed by atoms with Gasteiger partial charge in [-0.2, -0.15) is 0 Å². The second kappa shape index (κ2) is 5.64. The summed E-state index contributed by atoms with van der Waals surface area (Å²) in [6.07, 6.45) is 3.82. The third-order valence-electron chi connectivity index (χ3n) is 3.32. The van der Waals surface area contributed by atoms with Gasteiger partial charge >= 0.3 is 0 Å². The third kappa shape index (κ3) is 2.70. The lowest BCUT2D eigenvalue weighted by molar-refractivity contribution is 0.0315. The summed E-state index contributed by atoms with van der Waals surface area (Å²) < 4.78 is 8.09. The van der Waals surface area contributed by atoms with Crippen LogP contribution in [0.2, 0.25) is 0 Å². The Kier molecular flexibility index (Phi) is 3.91. The van der Waals surface area contributed by atoms with E-state index in [2.05, 4.69) is 4.98 Å². The quantitative estimate of drug-likeness (QED) is 0.645. The SMILES string of the molecule is Cn1c(SC[C@@H]2CCCCO2)nc2ccsc2c1=O. The van der Waals surface area contributed by atoms with Gasteiger partial charge < -0.3 is 4.74 Å². The van der Waals surface area contributed by atoms with Gasteiger partial charge in [-0.3, -0.25) is 9.36 Å². The molecule has 1 aliphatic rings. The summed E-state index contributed by atoms with van der Waals surface area (Å²) >= 11 is 3.07. The fourth-order valence-corrected chi connectivity index (χ4v) is 4.05. The maximum absolute atomic E-state index is 12.2. The average Bonchev–Trinajstić information content (AvgIpc) is 2.91. The van der Waals surface area contributed by atoms with E-state index in [0.29, 0.717) is 6.10 Å². The number of ether oxygens (including phenoxy) is 1. The summed E-state index contributed by atoms with van der Waals surface area (Å²) in [7, 11) is 1.79. The van der Waals surface area contributed by atoms with Crippen LogP contribution in [0.3, 0.4) is 0 Å². The van der Waals surface area contributed by atoms with Crippen molar-refractivity contribution in [1.29, 1.82) is 0 Å².